The van der Waals surface area contributed by atoms with Crippen molar-refractivity contribution in [1.29, 1.82) is 0 Å². The molecule has 2 rings (SSSR count). The zero-order valence-corrected chi connectivity index (χ0v) is 13.2. The first-order chi connectivity index (χ1) is 9.10. The molecule has 1 heterocycles. The molecule has 0 saturated carbocycles. The Labute approximate surface area is 127 Å². The van der Waals surface area contributed by atoms with Gasteiger partial charge in [0, 0.05) is 23.4 Å². The zero-order valence-electron chi connectivity index (χ0n) is 10.8. The third-order valence-electron chi connectivity index (χ3n) is 3.27. The Kier molecular flexibility index (Phi) is 5.11. The van der Waals surface area contributed by atoms with Crippen LogP contribution in [0, 0.1) is 5.92 Å². The summed E-state index contributed by atoms with van der Waals surface area (Å²) in [6.07, 6.45) is 0.577. The summed E-state index contributed by atoms with van der Waals surface area (Å²) < 4.78 is 5.65. The number of alkyl halides is 1. The largest absolute Gasteiger partial charge is 0.481 e. The first-order valence-electron chi connectivity index (χ1n) is 6.37. The van der Waals surface area contributed by atoms with Crippen molar-refractivity contribution < 1.29 is 9.53 Å². The molecule has 2 unspecified atom stereocenters. The van der Waals surface area contributed by atoms with Crippen LogP contribution in [0.2, 0.25) is 5.02 Å². The van der Waals surface area contributed by atoms with E-state index in [1.807, 2.05) is 11.0 Å². The van der Waals surface area contributed by atoms with Crippen molar-refractivity contribution in [3.05, 3.63) is 29.3 Å². The number of hydrogen-bond acceptors (Lipinski definition) is 2. The fraction of sp³-hybridized carbons (Fsp3) is 0.500. The number of benzene rings is 1. The van der Waals surface area contributed by atoms with E-state index >= 15 is 0 Å². The van der Waals surface area contributed by atoms with Crippen molar-refractivity contribution >= 4 is 33.4 Å². The first kappa shape index (κ1) is 14.7. The maximum atomic E-state index is 12.2. The summed E-state index contributed by atoms with van der Waals surface area (Å²) in [5, 5.41) is 1.55. The molecule has 1 aliphatic heterocycles. The van der Waals surface area contributed by atoms with Crippen LogP contribution in [0.4, 0.5) is 0 Å². The highest BCUT2D eigenvalue weighted by Gasteiger charge is 2.29. The van der Waals surface area contributed by atoms with E-state index in [0.717, 1.165) is 24.8 Å². The second-order valence-corrected chi connectivity index (χ2v) is 5.89. The highest BCUT2D eigenvalue weighted by Crippen LogP contribution is 2.21. The maximum absolute atomic E-state index is 12.2. The number of ether oxygens (including phenoxy) is 1. The van der Waals surface area contributed by atoms with Crippen LogP contribution in [0.1, 0.15) is 13.3 Å². The van der Waals surface area contributed by atoms with Crippen LogP contribution in [0.15, 0.2) is 24.3 Å². The van der Waals surface area contributed by atoms with Crippen molar-refractivity contribution in [2.45, 2.75) is 19.4 Å². The molecule has 0 aromatic heterocycles. The molecule has 104 valence electrons. The van der Waals surface area contributed by atoms with Gasteiger partial charge in [-0.25, -0.2) is 0 Å². The number of likely N-dealkylation sites (tertiary alicyclic amines) is 1. The Morgan fingerprint density at radius 2 is 2.42 bits per heavy atom. The lowest BCUT2D eigenvalue weighted by atomic mass is 10.2. The molecule has 1 aliphatic rings. The van der Waals surface area contributed by atoms with Crippen LogP contribution in [0.3, 0.4) is 0 Å². The number of hydrogen-bond donors (Lipinski definition) is 0. The predicted octanol–water partition coefficient (Wildman–Crippen LogP) is 3.35. The minimum Gasteiger partial charge on any atom is -0.481 e. The van der Waals surface area contributed by atoms with Crippen molar-refractivity contribution in [2.75, 3.05) is 18.4 Å². The Balaban J connectivity index is 1.93. The molecule has 1 amide bonds. The van der Waals surface area contributed by atoms with E-state index in [1.165, 1.54) is 0 Å². The van der Waals surface area contributed by atoms with Gasteiger partial charge in [0.1, 0.15) is 5.75 Å². The maximum Gasteiger partial charge on any atom is 0.263 e. The molecule has 1 aromatic rings. The molecule has 0 bridgehead atoms. The standard InChI is InChI=1S/C14H17BrClNO2/c1-10(19-13-4-2-3-12(16)7-13)14(18)17-6-5-11(8-15)9-17/h2-4,7,10-11H,5-6,8-9H2,1H3. The lowest BCUT2D eigenvalue weighted by Crippen LogP contribution is -2.39. The molecular weight excluding hydrogens is 330 g/mol. The molecule has 2 atom stereocenters. The topological polar surface area (TPSA) is 29.5 Å². The highest BCUT2D eigenvalue weighted by molar-refractivity contribution is 9.09. The minimum absolute atomic E-state index is 0.0448. The average molecular weight is 347 g/mol. The molecule has 1 aromatic carbocycles. The molecule has 19 heavy (non-hydrogen) atoms. The van der Waals surface area contributed by atoms with Crippen molar-refractivity contribution in [3.8, 4) is 5.75 Å². The molecule has 1 saturated heterocycles. The summed E-state index contributed by atoms with van der Waals surface area (Å²) in [4.78, 5) is 14.1. The van der Waals surface area contributed by atoms with E-state index in [9.17, 15) is 4.79 Å². The van der Waals surface area contributed by atoms with E-state index in [-0.39, 0.29) is 5.91 Å². The van der Waals surface area contributed by atoms with E-state index in [0.29, 0.717) is 16.7 Å². The van der Waals surface area contributed by atoms with Crippen molar-refractivity contribution in [1.82, 2.24) is 4.90 Å². The Morgan fingerprint density at radius 3 is 3.05 bits per heavy atom. The van der Waals surface area contributed by atoms with Crippen molar-refractivity contribution in [2.24, 2.45) is 5.92 Å². The van der Waals surface area contributed by atoms with E-state index in [4.69, 9.17) is 16.3 Å². The summed E-state index contributed by atoms with van der Waals surface area (Å²) >= 11 is 9.36. The molecule has 0 radical (unpaired) electrons. The minimum atomic E-state index is -0.479. The van der Waals surface area contributed by atoms with E-state index in [1.54, 1.807) is 25.1 Å². The van der Waals surface area contributed by atoms with Crippen LogP contribution in [-0.4, -0.2) is 35.3 Å². The molecule has 1 fully saturated rings. The van der Waals surface area contributed by atoms with Crippen LogP contribution >= 0.6 is 27.5 Å². The second-order valence-electron chi connectivity index (χ2n) is 4.81. The van der Waals surface area contributed by atoms with Gasteiger partial charge < -0.3 is 9.64 Å². The normalized spacial score (nSPS) is 20.4. The van der Waals surface area contributed by atoms with Crippen molar-refractivity contribution in [3.63, 3.8) is 0 Å². The van der Waals surface area contributed by atoms with Gasteiger partial charge in [0.15, 0.2) is 6.10 Å². The van der Waals surface area contributed by atoms with Crippen LogP contribution in [0.25, 0.3) is 0 Å². The Hall–Kier alpha value is -0.740. The second kappa shape index (κ2) is 6.62. The lowest BCUT2D eigenvalue weighted by molar-refractivity contribution is -0.136. The van der Waals surface area contributed by atoms with Gasteiger partial charge in [-0.2, -0.15) is 0 Å². The quantitative estimate of drug-likeness (QED) is 0.783. The third-order valence-corrected chi connectivity index (χ3v) is 4.42. The molecule has 0 N–H and O–H groups in total. The highest BCUT2D eigenvalue weighted by atomic mass is 79.9. The molecule has 0 aliphatic carbocycles. The molecule has 0 spiro atoms. The fourth-order valence-electron chi connectivity index (χ4n) is 2.21. The molecular formula is C14H17BrClNO2. The van der Waals surface area contributed by atoms with Gasteiger partial charge in [0.2, 0.25) is 0 Å². The summed E-state index contributed by atoms with van der Waals surface area (Å²) in [5.74, 6) is 1.23. The van der Waals surface area contributed by atoms with E-state index in [2.05, 4.69) is 15.9 Å². The molecule has 5 heteroatoms. The number of carbonyl (C=O) groups excluding carboxylic acids is 1. The monoisotopic (exact) mass is 345 g/mol. The number of rotatable bonds is 4. The Morgan fingerprint density at radius 1 is 1.63 bits per heavy atom. The predicted molar refractivity (Wildman–Crippen MR) is 80.0 cm³/mol. The van der Waals surface area contributed by atoms with Crippen LogP contribution in [0.5, 0.6) is 5.75 Å². The lowest BCUT2D eigenvalue weighted by Gasteiger charge is -2.21. The number of halogens is 2. The van der Waals surface area contributed by atoms with Gasteiger partial charge in [-0.1, -0.05) is 33.6 Å². The number of amides is 1. The SMILES string of the molecule is CC(Oc1cccc(Cl)c1)C(=O)N1CCC(CBr)C1. The fourth-order valence-corrected chi connectivity index (χ4v) is 2.92. The van der Waals surface area contributed by atoms with Gasteiger partial charge in [-0.05, 0) is 37.5 Å². The summed E-state index contributed by atoms with van der Waals surface area (Å²) in [7, 11) is 0. The van der Waals surface area contributed by atoms with Gasteiger partial charge in [0.25, 0.3) is 5.91 Å². The van der Waals surface area contributed by atoms with Crippen LogP contribution < -0.4 is 4.74 Å². The average Bonchev–Trinajstić information content (AvgIpc) is 2.86. The summed E-state index contributed by atoms with van der Waals surface area (Å²) in [5.41, 5.74) is 0. The third kappa shape index (κ3) is 3.86. The Bertz CT molecular complexity index is 455. The number of nitrogens with zero attached hydrogens (tertiary/aromatic N) is 1. The molecule has 3 nitrogen and oxygen atoms in total. The van der Waals surface area contributed by atoms with Gasteiger partial charge in [0.05, 0.1) is 0 Å². The van der Waals surface area contributed by atoms with Gasteiger partial charge in [-0.3, -0.25) is 4.79 Å². The van der Waals surface area contributed by atoms with Gasteiger partial charge in [-0.15, -0.1) is 0 Å². The van der Waals surface area contributed by atoms with Crippen LogP contribution in [-0.2, 0) is 4.79 Å². The summed E-state index contributed by atoms with van der Waals surface area (Å²) in [6.45, 7) is 3.41. The smallest absolute Gasteiger partial charge is 0.263 e. The summed E-state index contributed by atoms with van der Waals surface area (Å²) in [6, 6.07) is 7.12. The van der Waals surface area contributed by atoms with E-state index < -0.39 is 6.10 Å². The van der Waals surface area contributed by atoms with Gasteiger partial charge >= 0.3 is 0 Å². The number of carbonyl (C=O) groups is 1. The first-order valence-corrected chi connectivity index (χ1v) is 7.87. The zero-order chi connectivity index (χ0) is 13.8.